The van der Waals surface area contributed by atoms with Gasteiger partial charge >= 0.3 is 5.97 Å². The first-order valence-electron chi connectivity index (χ1n) is 2.72. The van der Waals surface area contributed by atoms with Crippen molar-refractivity contribution in [2.24, 2.45) is 0 Å². The summed E-state index contributed by atoms with van der Waals surface area (Å²) < 4.78 is 0. The predicted octanol–water partition coefficient (Wildman–Crippen LogP) is 2.17. The number of nitrogens with one attached hydrogen (secondary N) is 1. The van der Waals surface area contributed by atoms with Crippen LogP contribution in [0.15, 0.2) is 12.2 Å². The maximum atomic E-state index is 10.1. The molecule has 5 heteroatoms. The molecule has 1 atom stereocenters. The molecule has 11 heavy (non-hydrogen) atoms. The van der Waals surface area contributed by atoms with Crippen LogP contribution in [-0.4, -0.2) is 17.1 Å². The second kappa shape index (κ2) is 7.88. The molecule has 1 unspecified atom stereocenters. The van der Waals surface area contributed by atoms with Crippen molar-refractivity contribution in [3.8, 4) is 0 Å². The predicted molar refractivity (Wildman–Crippen MR) is 40.5 cm³/mol. The van der Waals surface area contributed by atoms with E-state index in [4.69, 9.17) is 10.8 Å². The average Bonchev–Trinajstić information content (AvgIpc) is 1.84. The minimum absolute atomic E-state index is 0. The molecule has 0 aromatic carbocycles. The maximum Gasteiger partial charge on any atom is 0.329 e. The standard InChI is InChI=1S/C6H10NO2.Ir.H2N/c1-3-5(7)4(2)6(8)9;;/h5,7H,2-3H2,1H3,(H,8,9);;1H2/q-1;;-1. The third-order valence-electron chi connectivity index (χ3n) is 1.10. The van der Waals surface area contributed by atoms with Gasteiger partial charge in [-0.1, -0.05) is 19.9 Å². The first-order valence-corrected chi connectivity index (χ1v) is 2.72. The van der Waals surface area contributed by atoms with Crippen molar-refractivity contribution in [3.63, 3.8) is 0 Å². The molecule has 0 aromatic heterocycles. The van der Waals surface area contributed by atoms with Gasteiger partial charge in [0.05, 0.1) is 0 Å². The Kier molecular flexibility index (Phi) is 12.2. The van der Waals surface area contributed by atoms with Crippen LogP contribution in [0.25, 0.3) is 11.9 Å². The van der Waals surface area contributed by atoms with Gasteiger partial charge in [-0.3, -0.25) is 0 Å². The number of nitrogens with two attached hydrogens (primary N) is 1. The normalized spacial score (nSPS) is 10.4. The first kappa shape index (κ1) is 17.0. The molecule has 0 amide bonds. The SMILES string of the molecule is C=C(C(=O)O)C([NH-])CC.[Ir].[NH2-]. The van der Waals surface area contributed by atoms with Crippen molar-refractivity contribution in [2.75, 3.05) is 0 Å². The summed E-state index contributed by atoms with van der Waals surface area (Å²) in [5, 5.41) is 8.26. The quantitative estimate of drug-likeness (QED) is 0.800. The van der Waals surface area contributed by atoms with Gasteiger partial charge in [-0.15, -0.1) is 6.04 Å². The Balaban J connectivity index is -0.000000320. The molecule has 0 aliphatic heterocycles. The maximum absolute atomic E-state index is 10.1. The Morgan fingerprint density at radius 1 is 1.73 bits per heavy atom. The molecule has 1 radical (unpaired) electrons. The average molecular weight is 336 g/mol. The summed E-state index contributed by atoms with van der Waals surface area (Å²) in [5.41, 5.74) is 7.05. The van der Waals surface area contributed by atoms with Crippen LogP contribution in [0, 0.1) is 0 Å². The van der Waals surface area contributed by atoms with E-state index in [-0.39, 0.29) is 31.8 Å². The van der Waals surface area contributed by atoms with E-state index < -0.39 is 12.0 Å². The molecule has 0 rings (SSSR count). The van der Waals surface area contributed by atoms with E-state index in [9.17, 15) is 4.79 Å². The third-order valence-corrected chi connectivity index (χ3v) is 1.10. The summed E-state index contributed by atoms with van der Waals surface area (Å²) in [6.07, 6.45) is 0.505. The van der Waals surface area contributed by atoms with Crippen LogP contribution in [0.2, 0.25) is 0 Å². The molecule has 0 spiro atoms. The van der Waals surface area contributed by atoms with Gasteiger partial charge in [0.15, 0.2) is 0 Å². The van der Waals surface area contributed by atoms with Crippen molar-refractivity contribution in [3.05, 3.63) is 24.0 Å². The molecule has 69 valence electrons. The topological polar surface area (TPSA) is 94.6 Å². The smallest absolute Gasteiger partial charge is 0.329 e. The Morgan fingerprint density at radius 2 is 2.09 bits per heavy atom. The molecule has 4 nitrogen and oxygen atoms in total. The zero-order chi connectivity index (χ0) is 7.44. The molecular formula is C6H12IrN2O2-2. The Bertz CT molecular complexity index is 139. The number of carboxylic acids is 1. The van der Waals surface area contributed by atoms with Gasteiger partial charge in [0.2, 0.25) is 0 Å². The monoisotopic (exact) mass is 337 g/mol. The van der Waals surface area contributed by atoms with Gasteiger partial charge in [0.25, 0.3) is 0 Å². The van der Waals surface area contributed by atoms with Crippen LogP contribution in [0.1, 0.15) is 13.3 Å². The molecule has 0 saturated heterocycles. The van der Waals surface area contributed by atoms with E-state index in [1.165, 1.54) is 0 Å². The minimum atomic E-state index is -1.07. The fourth-order valence-corrected chi connectivity index (χ4v) is 0.395. The Hall–Kier alpha value is -0.221. The summed E-state index contributed by atoms with van der Waals surface area (Å²) in [4.78, 5) is 10.1. The summed E-state index contributed by atoms with van der Waals surface area (Å²) in [6.45, 7) is 4.99. The van der Waals surface area contributed by atoms with Gasteiger partial charge in [0.1, 0.15) is 0 Å². The molecule has 4 N–H and O–H groups in total. The number of aliphatic carboxylic acids is 1. The number of carboxylic acid groups (broad SMARTS) is 1. The van der Waals surface area contributed by atoms with E-state index in [1.54, 1.807) is 6.92 Å². The fourth-order valence-electron chi connectivity index (χ4n) is 0.395. The number of rotatable bonds is 3. The fraction of sp³-hybridized carbons (Fsp3) is 0.500. The van der Waals surface area contributed by atoms with Crippen LogP contribution >= 0.6 is 0 Å². The third kappa shape index (κ3) is 6.19. The van der Waals surface area contributed by atoms with E-state index in [1.807, 2.05) is 0 Å². The van der Waals surface area contributed by atoms with Crippen LogP contribution in [-0.2, 0) is 24.9 Å². The van der Waals surface area contributed by atoms with Crippen molar-refractivity contribution in [1.82, 2.24) is 0 Å². The molecule has 0 aliphatic carbocycles. The summed E-state index contributed by atoms with van der Waals surface area (Å²) >= 11 is 0. The molecule has 0 bridgehead atoms. The van der Waals surface area contributed by atoms with Crippen LogP contribution in [0.3, 0.4) is 0 Å². The largest absolute Gasteiger partial charge is 0.693 e. The molecule has 0 fully saturated rings. The van der Waals surface area contributed by atoms with Crippen molar-refractivity contribution in [2.45, 2.75) is 19.4 Å². The Morgan fingerprint density at radius 3 is 2.18 bits per heavy atom. The van der Waals surface area contributed by atoms with E-state index in [0.717, 1.165) is 0 Å². The van der Waals surface area contributed by atoms with Crippen molar-refractivity contribution < 1.29 is 30.0 Å². The first-order chi connectivity index (χ1) is 4.09. The van der Waals surface area contributed by atoms with E-state index >= 15 is 0 Å². The van der Waals surface area contributed by atoms with Gasteiger partial charge in [-0.05, 0) is 0 Å². The number of carbonyl (C=O) groups is 1. The second-order valence-electron chi connectivity index (χ2n) is 1.79. The van der Waals surface area contributed by atoms with E-state index in [0.29, 0.717) is 6.42 Å². The summed E-state index contributed by atoms with van der Waals surface area (Å²) in [7, 11) is 0. The Labute approximate surface area is 79.8 Å². The second-order valence-corrected chi connectivity index (χ2v) is 1.79. The molecular weight excluding hydrogens is 324 g/mol. The number of hydrogen-bond donors (Lipinski definition) is 1. The van der Waals surface area contributed by atoms with E-state index in [2.05, 4.69) is 6.58 Å². The molecule has 0 saturated carbocycles. The summed E-state index contributed by atoms with van der Waals surface area (Å²) in [5.74, 6) is -1.07. The molecule has 0 heterocycles. The zero-order valence-electron chi connectivity index (χ0n) is 6.26. The minimum Gasteiger partial charge on any atom is -0.693 e. The van der Waals surface area contributed by atoms with Crippen LogP contribution in [0.4, 0.5) is 0 Å². The van der Waals surface area contributed by atoms with Gasteiger partial charge in [-0.25, -0.2) is 4.79 Å². The van der Waals surface area contributed by atoms with Gasteiger partial charge in [0, 0.05) is 25.7 Å². The van der Waals surface area contributed by atoms with Crippen molar-refractivity contribution in [1.29, 1.82) is 0 Å². The molecule has 0 aromatic rings. The van der Waals surface area contributed by atoms with Gasteiger partial charge < -0.3 is 17.0 Å². The molecule has 0 aliphatic rings. The van der Waals surface area contributed by atoms with Crippen molar-refractivity contribution >= 4 is 5.97 Å². The van der Waals surface area contributed by atoms with Crippen LogP contribution in [0.5, 0.6) is 0 Å². The zero-order valence-corrected chi connectivity index (χ0v) is 8.65. The number of hydrogen-bond acceptors (Lipinski definition) is 1. The van der Waals surface area contributed by atoms with Crippen LogP contribution < -0.4 is 0 Å². The van der Waals surface area contributed by atoms with Gasteiger partial charge in [-0.2, -0.15) is 0 Å². The summed E-state index contributed by atoms with van der Waals surface area (Å²) in [6, 6.07) is -0.650.